The van der Waals surface area contributed by atoms with E-state index in [0.29, 0.717) is 41.4 Å². The molecule has 12 aromatic rings. The summed E-state index contributed by atoms with van der Waals surface area (Å²) in [6.07, 6.45) is 10.6. The van der Waals surface area contributed by atoms with Gasteiger partial charge in [-0.05, 0) is 72.8 Å². The average molecular weight is 899 g/mol. The lowest BCUT2D eigenvalue weighted by molar-refractivity contribution is 1.14. The van der Waals surface area contributed by atoms with Gasteiger partial charge in [0.25, 0.3) is 0 Å². The number of fused-ring (bicyclic) bond motifs is 5. The largest absolute Gasteiger partial charge is 0.353 e. The molecule has 61 heavy (non-hydrogen) atoms. The quantitative estimate of drug-likeness (QED) is 0.140. The lowest BCUT2D eigenvalue weighted by atomic mass is 9.85. The van der Waals surface area contributed by atoms with Crippen LogP contribution in [0.3, 0.4) is 0 Å². The fourth-order valence-corrected chi connectivity index (χ4v) is 12.2. The Morgan fingerprint density at radius 2 is 0.705 bits per heavy atom. The van der Waals surface area contributed by atoms with E-state index in [2.05, 4.69) is 10.3 Å². The molecule has 11 aromatic heterocycles. The molecule has 18 heteroatoms. The summed E-state index contributed by atoms with van der Waals surface area (Å²) in [5.74, 6) is 0. The van der Waals surface area contributed by atoms with Crippen molar-refractivity contribution in [3.05, 3.63) is 122 Å². The van der Waals surface area contributed by atoms with Crippen LogP contribution in [0.2, 0.25) is 0 Å². The van der Waals surface area contributed by atoms with Gasteiger partial charge in [-0.1, -0.05) is 63.3 Å². The highest BCUT2D eigenvalue weighted by Crippen LogP contribution is 2.57. The number of anilines is 1. The fourth-order valence-electron chi connectivity index (χ4n) is 7.22. The van der Waals surface area contributed by atoms with E-state index >= 15 is 0 Å². The van der Waals surface area contributed by atoms with Gasteiger partial charge in [-0.3, -0.25) is 0 Å². The Morgan fingerprint density at radius 3 is 1.03 bits per heavy atom. The van der Waals surface area contributed by atoms with Gasteiger partial charge in [-0.25, -0.2) is 54.8 Å². The van der Waals surface area contributed by atoms with Crippen LogP contribution in [0.4, 0.5) is 5.69 Å². The molecule has 290 valence electrons. The van der Waals surface area contributed by atoms with E-state index in [1.54, 1.807) is 37.2 Å². The highest BCUT2D eigenvalue weighted by atomic mass is 32.1. The first-order valence-corrected chi connectivity index (χ1v) is 23.0. The molecule has 0 radical (unpaired) electrons. The van der Waals surface area contributed by atoms with E-state index in [4.69, 9.17) is 69.0 Å². The molecule has 11 heterocycles. The van der Waals surface area contributed by atoms with Gasteiger partial charge in [0, 0.05) is 76.3 Å². The molecule has 0 amide bonds. The van der Waals surface area contributed by atoms with Crippen LogP contribution in [0.1, 0.15) is 5.56 Å². The van der Waals surface area contributed by atoms with E-state index in [-0.39, 0.29) is 0 Å². The van der Waals surface area contributed by atoms with Crippen LogP contribution in [0.15, 0.2) is 122 Å². The fraction of sp³-hybridized carbons (Fsp3) is 0. The van der Waals surface area contributed by atoms with Crippen molar-refractivity contribution in [3.63, 3.8) is 0 Å². The van der Waals surface area contributed by atoms with Crippen molar-refractivity contribution >= 4 is 132 Å². The Labute approximate surface area is 370 Å². The van der Waals surface area contributed by atoms with Gasteiger partial charge in [-0.15, -0.1) is 12.6 Å². The molecule has 0 spiro atoms. The Balaban J connectivity index is 1.34. The van der Waals surface area contributed by atoms with E-state index in [1.165, 1.54) is 56.7 Å². The summed E-state index contributed by atoms with van der Waals surface area (Å²) in [7, 11) is 0. The number of aromatic nitrogens is 11. The molecule has 0 atom stereocenters. The molecule has 12 nitrogen and oxygen atoms in total. The normalized spacial score (nSPS) is 11.8. The number of hydrogen-bond acceptors (Lipinski definition) is 18. The van der Waals surface area contributed by atoms with E-state index in [9.17, 15) is 0 Å². The minimum Gasteiger partial charge on any atom is -0.353 e. The van der Waals surface area contributed by atoms with Crippen LogP contribution < -0.4 is 5.32 Å². The van der Waals surface area contributed by atoms with Crippen LogP contribution in [0.25, 0.3) is 110 Å². The zero-order chi connectivity index (χ0) is 40.6. The summed E-state index contributed by atoms with van der Waals surface area (Å²) < 4.78 is 0. The van der Waals surface area contributed by atoms with Crippen LogP contribution in [-0.4, -0.2) is 54.8 Å². The molecular formula is C43H22N12S6. The van der Waals surface area contributed by atoms with E-state index in [1.807, 2.05) is 72.8 Å². The summed E-state index contributed by atoms with van der Waals surface area (Å²) in [5, 5.41) is 7.65. The molecule has 0 fully saturated rings. The van der Waals surface area contributed by atoms with Crippen LogP contribution in [0, 0.1) is 0 Å². The molecule has 0 unspecified atom stereocenters. The number of benzene rings is 1. The molecule has 0 saturated heterocycles. The predicted molar refractivity (Wildman–Crippen MR) is 253 cm³/mol. The number of rotatable bonds is 8. The monoisotopic (exact) mass is 898 g/mol. The minimum absolute atomic E-state index is 0.508. The van der Waals surface area contributed by atoms with Crippen LogP contribution >= 0.6 is 69.3 Å². The van der Waals surface area contributed by atoms with Crippen molar-refractivity contribution in [1.82, 2.24) is 54.8 Å². The topological polar surface area (TPSA) is 154 Å². The van der Waals surface area contributed by atoms with Crippen molar-refractivity contribution in [1.29, 1.82) is 0 Å². The third-order valence-electron chi connectivity index (χ3n) is 9.78. The van der Waals surface area contributed by atoms with Gasteiger partial charge in [0.15, 0.2) is 0 Å². The molecule has 0 aliphatic rings. The lowest BCUT2D eigenvalue weighted by Crippen LogP contribution is -2.07. The number of thiazole rings is 5. The predicted octanol–water partition coefficient (Wildman–Crippen LogP) is 11.8. The summed E-state index contributed by atoms with van der Waals surface area (Å²) >= 11 is 12.2. The van der Waals surface area contributed by atoms with Crippen molar-refractivity contribution < 1.29 is 0 Å². The highest BCUT2D eigenvalue weighted by molar-refractivity contribution is 7.80. The van der Waals surface area contributed by atoms with Gasteiger partial charge in [0.2, 0.25) is 0 Å². The van der Waals surface area contributed by atoms with Gasteiger partial charge in [0.1, 0.15) is 81.8 Å². The second-order valence-corrected chi connectivity index (χ2v) is 18.8. The van der Waals surface area contributed by atoms with Crippen molar-refractivity contribution in [2.45, 2.75) is 5.03 Å². The van der Waals surface area contributed by atoms with Gasteiger partial charge in [0.05, 0.1) is 5.69 Å². The average Bonchev–Trinajstić information content (AvgIpc) is 4.14. The second kappa shape index (κ2) is 14.6. The number of thiol groups is 1. The Hall–Kier alpha value is -6.54. The summed E-state index contributed by atoms with van der Waals surface area (Å²) in [6, 6.07) is 23.2. The Morgan fingerprint density at radius 1 is 0.410 bits per heavy atom. The number of nitrogens with one attached hydrogen (secondary N) is 1. The molecule has 0 aliphatic heterocycles. The number of nitrogens with zero attached hydrogens (tertiary/aromatic N) is 11. The third-order valence-corrected chi connectivity index (χ3v) is 15.1. The number of hydrogen-bond donors (Lipinski definition) is 2. The van der Waals surface area contributed by atoms with E-state index < -0.39 is 0 Å². The zero-order valence-electron chi connectivity index (χ0n) is 31.0. The number of pyridine rings is 6. The van der Waals surface area contributed by atoms with E-state index in [0.717, 1.165) is 85.1 Å². The molecule has 1 aromatic carbocycles. The van der Waals surface area contributed by atoms with Gasteiger partial charge in [-0.2, -0.15) is 0 Å². The maximum Gasteiger partial charge on any atom is 0.143 e. The van der Waals surface area contributed by atoms with Crippen LogP contribution in [-0.2, 0) is 0 Å². The first kappa shape index (κ1) is 36.3. The molecule has 0 saturated carbocycles. The van der Waals surface area contributed by atoms with Crippen molar-refractivity contribution in [2.24, 2.45) is 0 Å². The van der Waals surface area contributed by atoms with Gasteiger partial charge >= 0.3 is 0 Å². The standard InChI is InChI=1S/C43H22N12S6/c1-20(50-21-8-2-14-44-33(21)56)27-28(39-51-22-9-3-15-45-34(22)57-39)30(41-53-24-11-5-17-47-36(24)59-41)32(43-55-26-13-7-19-49-38(26)61-43)31(42-54-25-12-6-18-48-37(25)60-42)29(27)40-52-23-10-4-16-46-35(23)58-40/h2-19,50H,1H2,(H,44,56). The van der Waals surface area contributed by atoms with Crippen molar-refractivity contribution in [2.75, 3.05) is 5.32 Å². The first-order chi connectivity index (χ1) is 30.0. The third kappa shape index (κ3) is 6.17. The first-order valence-electron chi connectivity index (χ1n) is 18.5. The SMILES string of the molecule is C=C(Nc1cccnc1S)c1c(-c2nc3cccnc3s2)c(-c2nc3cccnc3s2)c(-c2nc3cccnc3s2)c(-c2nc3cccnc3s2)c1-c1nc2cccnc2s1. The molecule has 0 bridgehead atoms. The Bertz CT molecular complexity index is 3380. The lowest BCUT2D eigenvalue weighted by Gasteiger charge is -2.25. The smallest absolute Gasteiger partial charge is 0.143 e. The summed E-state index contributed by atoms with van der Waals surface area (Å²) in [4.78, 5) is 58.8. The van der Waals surface area contributed by atoms with Crippen LogP contribution in [0.5, 0.6) is 0 Å². The maximum absolute atomic E-state index is 5.34. The molecule has 12 rings (SSSR count). The molecule has 1 N–H and O–H groups in total. The minimum atomic E-state index is 0.508. The van der Waals surface area contributed by atoms with Crippen molar-refractivity contribution in [3.8, 4) is 52.9 Å². The molecule has 0 aliphatic carbocycles. The summed E-state index contributed by atoms with van der Waals surface area (Å²) in [6.45, 7) is 4.80. The maximum atomic E-state index is 5.34. The van der Waals surface area contributed by atoms with Gasteiger partial charge < -0.3 is 5.32 Å². The zero-order valence-corrected chi connectivity index (χ0v) is 36.0. The molecular weight excluding hydrogens is 877 g/mol. The summed E-state index contributed by atoms with van der Waals surface area (Å²) in [5.41, 5.74) is 9.61. The highest BCUT2D eigenvalue weighted by Gasteiger charge is 2.36. The second-order valence-electron chi connectivity index (χ2n) is 13.5. The Kier molecular flexibility index (Phi) is 8.68.